The van der Waals surface area contributed by atoms with Crippen molar-refractivity contribution in [2.24, 2.45) is 0 Å². The van der Waals surface area contributed by atoms with E-state index < -0.39 is 10.0 Å². The summed E-state index contributed by atoms with van der Waals surface area (Å²) in [5, 5.41) is 3.22. The Balaban J connectivity index is 2.28. The lowest BCUT2D eigenvalue weighted by atomic mass is 10.1. The summed E-state index contributed by atoms with van der Waals surface area (Å²) >= 11 is 0. The summed E-state index contributed by atoms with van der Waals surface area (Å²) in [4.78, 5) is 0. The zero-order valence-corrected chi connectivity index (χ0v) is 13.5. The molecule has 0 atom stereocenters. The molecule has 0 amide bonds. The van der Waals surface area contributed by atoms with Gasteiger partial charge in [-0.05, 0) is 37.4 Å². The molecule has 20 heavy (non-hydrogen) atoms. The molecule has 0 heterocycles. The Morgan fingerprint density at radius 3 is 2.50 bits per heavy atom. The Bertz CT molecular complexity index is 498. The zero-order chi connectivity index (χ0) is 15.0. The number of hydrogen-bond acceptors (Lipinski definition) is 3. The number of hydrogen-bond donors (Lipinski definition) is 2. The fourth-order valence-electron chi connectivity index (χ4n) is 1.96. The van der Waals surface area contributed by atoms with E-state index in [4.69, 9.17) is 0 Å². The van der Waals surface area contributed by atoms with Gasteiger partial charge in [0.1, 0.15) is 0 Å². The first-order valence-electron chi connectivity index (χ1n) is 7.16. The number of rotatable bonds is 9. The molecule has 1 aromatic rings. The van der Waals surface area contributed by atoms with Gasteiger partial charge in [-0.15, -0.1) is 0 Å². The van der Waals surface area contributed by atoms with Gasteiger partial charge in [0.25, 0.3) is 0 Å². The summed E-state index contributed by atoms with van der Waals surface area (Å²) in [6, 6.07) is 8.45. The minimum Gasteiger partial charge on any atom is -0.314 e. The van der Waals surface area contributed by atoms with Gasteiger partial charge < -0.3 is 5.32 Å². The summed E-state index contributed by atoms with van der Waals surface area (Å²) in [6.07, 6.45) is 1.37. The molecule has 1 aromatic carbocycles. The third-order valence-corrected chi connectivity index (χ3v) is 4.59. The first kappa shape index (κ1) is 17.1. The Morgan fingerprint density at radius 1 is 1.15 bits per heavy atom. The topological polar surface area (TPSA) is 58.2 Å². The standard InChI is InChI=1S/C15H26N2O2S/c1-13(2)16-10-6-12-20(18,19)17-11-9-15-8-5-4-7-14(15)3/h4-5,7-8,13,16-17H,6,9-12H2,1-3H3. The van der Waals surface area contributed by atoms with Crippen LogP contribution in [0.2, 0.25) is 0 Å². The summed E-state index contributed by atoms with van der Waals surface area (Å²) in [5.41, 5.74) is 2.39. The molecule has 0 aliphatic carbocycles. The Labute approximate surface area is 123 Å². The molecule has 0 aromatic heterocycles. The van der Waals surface area contributed by atoms with E-state index in [1.54, 1.807) is 0 Å². The first-order chi connectivity index (χ1) is 9.41. The van der Waals surface area contributed by atoms with E-state index in [0.717, 1.165) is 13.0 Å². The molecule has 0 radical (unpaired) electrons. The predicted octanol–water partition coefficient (Wildman–Crippen LogP) is 1.85. The summed E-state index contributed by atoms with van der Waals surface area (Å²) in [6.45, 7) is 7.34. The first-order valence-corrected chi connectivity index (χ1v) is 8.81. The highest BCUT2D eigenvalue weighted by Crippen LogP contribution is 2.07. The second-order valence-corrected chi connectivity index (χ2v) is 7.28. The normalized spacial score (nSPS) is 12.0. The van der Waals surface area contributed by atoms with Gasteiger partial charge in [0.15, 0.2) is 0 Å². The molecule has 114 valence electrons. The van der Waals surface area contributed by atoms with Crippen LogP contribution in [0.1, 0.15) is 31.4 Å². The third kappa shape index (κ3) is 7.03. The third-order valence-electron chi connectivity index (χ3n) is 3.12. The van der Waals surface area contributed by atoms with Crippen LogP contribution in [0.25, 0.3) is 0 Å². The van der Waals surface area contributed by atoms with Gasteiger partial charge >= 0.3 is 0 Å². The minimum absolute atomic E-state index is 0.181. The van der Waals surface area contributed by atoms with Crippen molar-refractivity contribution < 1.29 is 8.42 Å². The maximum absolute atomic E-state index is 11.8. The number of sulfonamides is 1. The maximum atomic E-state index is 11.8. The van der Waals surface area contributed by atoms with Crippen molar-refractivity contribution >= 4 is 10.0 Å². The Kier molecular flexibility index (Phi) is 7.19. The van der Waals surface area contributed by atoms with E-state index in [1.165, 1.54) is 11.1 Å². The van der Waals surface area contributed by atoms with Crippen molar-refractivity contribution in [3.63, 3.8) is 0 Å². The van der Waals surface area contributed by atoms with Gasteiger partial charge in [-0.25, -0.2) is 13.1 Å². The summed E-state index contributed by atoms with van der Waals surface area (Å²) in [7, 11) is -3.15. The molecular formula is C15H26N2O2S. The summed E-state index contributed by atoms with van der Waals surface area (Å²) in [5.74, 6) is 0.181. The van der Waals surface area contributed by atoms with Gasteiger partial charge in [0, 0.05) is 12.6 Å². The highest BCUT2D eigenvalue weighted by atomic mass is 32.2. The van der Waals surface area contributed by atoms with Crippen molar-refractivity contribution in [2.45, 2.75) is 39.7 Å². The minimum atomic E-state index is -3.15. The fraction of sp³-hybridized carbons (Fsp3) is 0.600. The number of nitrogens with one attached hydrogen (secondary N) is 2. The highest BCUT2D eigenvalue weighted by Gasteiger charge is 2.09. The van der Waals surface area contributed by atoms with Crippen molar-refractivity contribution in [1.82, 2.24) is 10.0 Å². The molecule has 0 aliphatic heterocycles. The van der Waals surface area contributed by atoms with E-state index in [9.17, 15) is 8.42 Å². The lowest BCUT2D eigenvalue weighted by molar-refractivity contribution is 0.561. The van der Waals surface area contributed by atoms with Crippen LogP contribution in [0.3, 0.4) is 0 Å². The van der Waals surface area contributed by atoms with Crippen molar-refractivity contribution in [2.75, 3.05) is 18.8 Å². The molecule has 0 spiro atoms. The average Bonchev–Trinajstić information content (AvgIpc) is 2.37. The quantitative estimate of drug-likeness (QED) is 0.684. The van der Waals surface area contributed by atoms with E-state index >= 15 is 0 Å². The fourth-order valence-corrected chi connectivity index (χ4v) is 3.04. The van der Waals surface area contributed by atoms with Crippen LogP contribution >= 0.6 is 0 Å². The average molecular weight is 298 g/mol. The molecule has 0 saturated heterocycles. The number of benzene rings is 1. The van der Waals surface area contributed by atoms with Crippen LogP contribution in [0, 0.1) is 6.92 Å². The monoisotopic (exact) mass is 298 g/mol. The largest absolute Gasteiger partial charge is 0.314 e. The van der Waals surface area contributed by atoms with Crippen molar-refractivity contribution in [1.29, 1.82) is 0 Å². The molecule has 0 saturated carbocycles. The lowest BCUT2D eigenvalue weighted by Gasteiger charge is -2.10. The van der Waals surface area contributed by atoms with E-state index in [2.05, 4.69) is 23.9 Å². The molecule has 1 rings (SSSR count). The van der Waals surface area contributed by atoms with Gasteiger partial charge in [0.05, 0.1) is 5.75 Å². The Morgan fingerprint density at radius 2 is 1.85 bits per heavy atom. The predicted molar refractivity (Wildman–Crippen MR) is 84.4 cm³/mol. The maximum Gasteiger partial charge on any atom is 0.211 e. The van der Waals surface area contributed by atoms with Crippen LogP contribution in [-0.2, 0) is 16.4 Å². The summed E-state index contributed by atoms with van der Waals surface area (Å²) < 4.78 is 26.3. The van der Waals surface area contributed by atoms with Gasteiger partial charge in [0.2, 0.25) is 10.0 Å². The SMILES string of the molecule is Cc1ccccc1CCNS(=O)(=O)CCCNC(C)C. The van der Waals surface area contributed by atoms with E-state index in [0.29, 0.717) is 19.0 Å². The van der Waals surface area contributed by atoms with Crippen LogP contribution in [0.15, 0.2) is 24.3 Å². The molecular weight excluding hydrogens is 272 g/mol. The molecule has 0 fully saturated rings. The highest BCUT2D eigenvalue weighted by molar-refractivity contribution is 7.89. The van der Waals surface area contributed by atoms with Crippen LogP contribution in [0.5, 0.6) is 0 Å². The van der Waals surface area contributed by atoms with Gasteiger partial charge in [-0.1, -0.05) is 38.1 Å². The molecule has 2 N–H and O–H groups in total. The van der Waals surface area contributed by atoms with E-state index in [-0.39, 0.29) is 5.75 Å². The van der Waals surface area contributed by atoms with Crippen LogP contribution in [0.4, 0.5) is 0 Å². The second-order valence-electron chi connectivity index (χ2n) is 5.35. The second kappa shape index (κ2) is 8.39. The number of aryl methyl sites for hydroxylation is 1. The van der Waals surface area contributed by atoms with Crippen molar-refractivity contribution in [3.8, 4) is 0 Å². The molecule has 4 nitrogen and oxygen atoms in total. The van der Waals surface area contributed by atoms with Gasteiger partial charge in [-0.2, -0.15) is 0 Å². The van der Waals surface area contributed by atoms with Crippen LogP contribution < -0.4 is 10.0 Å². The molecule has 0 bridgehead atoms. The smallest absolute Gasteiger partial charge is 0.211 e. The Hall–Kier alpha value is -0.910. The van der Waals surface area contributed by atoms with E-state index in [1.807, 2.05) is 31.2 Å². The van der Waals surface area contributed by atoms with Crippen molar-refractivity contribution in [3.05, 3.63) is 35.4 Å². The molecule has 0 aliphatic rings. The molecule has 5 heteroatoms. The van der Waals surface area contributed by atoms with Crippen LogP contribution in [-0.4, -0.2) is 33.3 Å². The van der Waals surface area contributed by atoms with Gasteiger partial charge in [-0.3, -0.25) is 0 Å². The molecule has 0 unspecified atom stereocenters. The lowest BCUT2D eigenvalue weighted by Crippen LogP contribution is -2.31. The zero-order valence-electron chi connectivity index (χ0n) is 12.6.